The summed E-state index contributed by atoms with van der Waals surface area (Å²) in [6.07, 6.45) is 16.8. The highest BCUT2D eigenvalue weighted by Gasteiger charge is 2.28. The van der Waals surface area contributed by atoms with Crippen LogP contribution in [0.3, 0.4) is 0 Å². The highest BCUT2D eigenvalue weighted by Crippen LogP contribution is 2.31. The van der Waals surface area contributed by atoms with Crippen LogP contribution < -0.4 is 0 Å². The lowest BCUT2D eigenvalue weighted by molar-refractivity contribution is -0.0352. The third-order valence-electron chi connectivity index (χ3n) is 6.10. The van der Waals surface area contributed by atoms with Gasteiger partial charge in [0.05, 0.1) is 5.60 Å². The second-order valence-corrected chi connectivity index (χ2v) is 8.64. The van der Waals surface area contributed by atoms with E-state index in [2.05, 4.69) is 20.8 Å². The SMILES string of the molecule is CCCCCCCCC(CCCCCCc1ccc(F)cc1)C(C)(C)OC. The van der Waals surface area contributed by atoms with Crippen LogP contribution in [0.5, 0.6) is 0 Å². The van der Waals surface area contributed by atoms with Gasteiger partial charge < -0.3 is 4.74 Å². The van der Waals surface area contributed by atoms with Gasteiger partial charge in [-0.1, -0.05) is 76.8 Å². The molecule has 0 aliphatic rings. The molecule has 1 aromatic carbocycles. The molecule has 0 aromatic heterocycles. The average molecular weight is 379 g/mol. The Morgan fingerprint density at radius 2 is 1.33 bits per heavy atom. The minimum absolute atomic E-state index is 0.0163. The molecule has 2 heteroatoms. The molecule has 1 aromatic rings. The summed E-state index contributed by atoms with van der Waals surface area (Å²) in [7, 11) is 1.86. The Labute approximate surface area is 168 Å². The first-order valence-electron chi connectivity index (χ1n) is 11.3. The first kappa shape index (κ1) is 24.1. The zero-order valence-corrected chi connectivity index (χ0v) is 18.4. The minimum atomic E-state index is -0.143. The van der Waals surface area contributed by atoms with Crippen molar-refractivity contribution in [1.82, 2.24) is 0 Å². The van der Waals surface area contributed by atoms with Gasteiger partial charge in [-0.3, -0.25) is 0 Å². The van der Waals surface area contributed by atoms with Gasteiger partial charge in [0.15, 0.2) is 0 Å². The molecule has 0 saturated heterocycles. The molecule has 1 rings (SSSR count). The van der Waals surface area contributed by atoms with Crippen LogP contribution in [0, 0.1) is 11.7 Å². The summed E-state index contributed by atoms with van der Waals surface area (Å²) in [6, 6.07) is 6.95. The molecule has 1 atom stereocenters. The van der Waals surface area contributed by atoms with E-state index in [-0.39, 0.29) is 11.4 Å². The highest BCUT2D eigenvalue weighted by molar-refractivity contribution is 5.15. The number of unbranched alkanes of at least 4 members (excludes halogenated alkanes) is 8. The van der Waals surface area contributed by atoms with E-state index in [0.717, 1.165) is 6.42 Å². The van der Waals surface area contributed by atoms with Crippen LogP contribution in [0.1, 0.15) is 103 Å². The van der Waals surface area contributed by atoms with Gasteiger partial charge in [-0.05, 0) is 63.1 Å². The van der Waals surface area contributed by atoms with Crippen molar-refractivity contribution in [1.29, 1.82) is 0 Å². The predicted octanol–water partition coefficient (Wildman–Crippen LogP) is 8.11. The Hall–Kier alpha value is -0.890. The number of benzene rings is 1. The fourth-order valence-corrected chi connectivity index (χ4v) is 3.90. The summed E-state index contributed by atoms with van der Waals surface area (Å²) in [5.74, 6) is 0.515. The molecule has 0 bridgehead atoms. The van der Waals surface area contributed by atoms with Gasteiger partial charge >= 0.3 is 0 Å². The van der Waals surface area contributed by atoms with Crippen molar-refractivity contribution in [2.45, 2.75) is 110 Å². The molecule has 0 spiro atoms. The maximum Gasteiger partial charge on any atom is 0.123 e. The van der Waals surface area contributed by atoms with Crippen LogP contribution in [0.4, 0.5) is 4.39 Å². The van der Waals surface area contributed by atoms with E-state index < -0.39 is 0 Å². The molecule has 0 aliphatic heterocycles. The Morgan fingerprint density at radius 3 is 1.89 bits per heavy atom. The number of aryl methyl sites for hydroxylation is 1. The quantitative estimate of drug-likeness (QED) is 0.264. The maximum absolute atomic E-state index is 12.9. The maximum atomic E-state index is 12.9. The predicted molar refractivity (Wildman–Crippen MR) is 116 cm³/mol. The van der Waals surface area contributed by atoms with Gasteiger partial charge in [0.2, 0.25) is 0 Å². The molecule has 0 N–H and O–H groups in total. The first-order chi connectivity index (χ1) is 13.0. The molecule has 0 amide bonds. The van der Waals surface area contributed by atoms with Crippen LogP contribution in [0.25, 0.3) is 0 Å². The summed E-state index contributed by atoms with van der Waals surface area (Å²) >= 11 is 0. The monoisotopic (exact) mass is 378 g/mol. The van der Waals surface area contributed by atoms with Gasteiger partial charge in [0, 0.05) is 7.11 Å². The third-order valence-corrected chi connectivity index (χ3v) is 6.10. The van der Waals surface area contributed by atoms with Crippen molar-refractivity contribution in [3.63, 3.8) is 0 Å². The van der Waals surface area contributed by atoms with Crippen LogP contribution in [0.15, 0.2) is 24.3 Å². The summed E-state index contributed by atoms with van der Waals surface area (Å²) in [5.41, 5.74) is 1.23. The van der Waals surface area contributed by atoms with E-state index in [1.807, 2.05) is 19.2 Å². The number of ether oxygens (including phenoxy) is 1. The number of rotatable bonds is 16. The Bertz CT molecular complexity index is 466. The first-order valence-corrected chi connectivity index (χ1v) is 11.3. The summed E-state index contributed by atoms with van der Waals surface area (Å²) in [5, 5.41) is 0. The smallest absolute Gasteiger partial charge is 0.123 e. The minimum Gasteiger partial charge on any atom is -0.379 e. The van der Waals surface area contributed by atoms with Gasteiger partial charge in [-0.25, -0.2) is 4.39 Å². The fraction of sp³-hybridized carbons (Fsp3) is 0.760. The average Bonchev–Trinajstić information content (AvgIpc) is 2.66. The Kier molecular flexibility index (Phi) is 12.7. The highest BCUT2D eigenvalue weighted by atomic mass is 19.1. The molecule has 1 nitrogen and oxygen atoms in total. The van der Waals surface area contributed by atoms with E-state index in [1.54, 1.807) is 12.1 Å². The zero-order valence-electron chi connectivity index (χ0n) is 18.4. The van der Waals surface area contributed by atoms with E-state index in [0.29, 0.717) is 5.92 Å². The largest absolute Gasteiger partial charge is 0.379 e. The molecule has 0 saturated carbocycles. The second-order valence-electron chi connectivity index (χ2n) is 8.64. The van der Waals surface area contributed by atoms with Gasteiger partial charge in [-0.2, -0.15) is 0 Å². The number of hydrogen-bond donors (Lipinski definition) is 0. The van der Waals surface area contributed by atoms with Crippen molar-refractivity contribution in [3.05, 3.63) is 35.6 Å². The van der Waals surface area contributed by atoms with Crippen molar-refractivity contribution >= 4 is 0 Å². The topological polar surface area (TPSA) is 9.23 Å². The third kappa shape index (κ3) is 10.9. The standard InChI is InChI=1S/C25H43FO/c1-5-6-7-8-9-13-16-23(25(2,3)27-4)17-14-11-10-12-15-22-18-20-24(26)21-19-22/h18-21,23H,5-17H2,1-4H3. The molecule has 0 radical (unpaired) electrons. The van der Waals surface area contributed by atoms with Gasteiger partial charge in [0.1, 0.15) is 5.82 Å². The van der Waals surface area contributed by atoms with E-state index in [1.165, 1.54) is 82.6 Å². The number of methoxy groups -OCH3 is 1. The lowest BCUT2D eigenvalue weighted by atomic mass is 9.82. The molecule has 0 heterocycles. The molecule has 156 valence electrons. The number of hydrogen-bond acceptors (Lipinski definition) is 1. The normalized spacial score (nSPS) is 13.1. The van der Waals surface area contributed by atoms with Crippen molar-refractivity contribution in [2.75, 3.05) is 7.11 Å². The van der Waals surface area contributed by atoms with Crippen LogP contribution in [0.2, 0.25) is 0 Å². The molecule has 27 heavy (non-hydrogen) atoms. The van der Waals surface area contributed by atoms with E-state index in [9.17, 15) is 4.39 Å². The van der Waals surface area contributed by atoms with E-state index >= 15 is 0 Å². The molecule has 0 fully saturated rings. The van der Waals surface area contributed by atoms with Crippen molar-refractivity contribution in [3.8, 4) is 0 Å². The Balaban J connectivity index is 2.21. The van der Waals surface area contributed by atoms with Gasteiger partial charge in [-0.15, -0.1) is 0 Å². The van der Waals surface area contributed by atoms with Crippen molar-refractivity contribution < 1.29 is 9.13 Å². The van der Waals surface area contributed by atoms with Gasteiger partial charge in [0.25, 0.3) is 0 Å². The summed E-state index contributed by atoms with van der Waals surface area (Å²) < 4.78 is 18.7. The number of halogens is 1. The zero-order chi connectivity index (χ0) is 20.0. The van der Waals surface area contributed by atoms with E-state index in [4.69, 9.17) is 4.74 Å². The summed E-state index contributed by atoms with van der Waals surface area (Å²) in [4.78, 5) is 0. The van der Waals surface area contributed by atoms with Crippen LogP contribution in [-0.4, -0.2) is 12.7 Å². The Morgan fingerprint density at radius 1 is 0.815 bits per heavy atom. The molecule has 1 unspecified atom stereocenters. The molecular formula is C25H43FO. The molecule has 0 aliphatic carbocycles. The summed E-state index contributed by atoms with van der Waals surface area (Å²) in [6.45, 7) is 6.78. The van der Waals surface area contributed by atoms with Crippen LogP contribution >= 0.6 is 0 Å². The van der Waals surface area contributed by atoms with Crippen LogP contribution in [-0.2, 0) is 11.2 Å². The fourth-order valence-electron chi connectivity index (χ4n) is 3.90. The second kappa shape index (κ2) is 14.2. The molecular weight excluding hydrogens is 335 g/mol. The lowest BCUT2D eigenvalue weighted by Crippen LogP contribution is -2.33. The lowest BCUT2D eigenvalue weighted by Gasteiger charge is -2.33. The van der Waals surface area contributed by atoms with Crippen molar-refractivity contribution in [2.24, 2.45) is 5.92 Å².